The Kier molecular flexibility index (Phi) is 4.60. The molecule has 3 nitrogen and oxygen atoms in total. The molecule has 3 aromatic rings. The summed E-state index contributed by atoms with van der Waals surface area (Å²) in [7, 11) is 0. The SMILES string of the molecule is Cc1cc(Br)c(NC(=O)Cn2ccc3cc(Br)ccc32)cc1C. The quantitative estimate of drug-likeness (QED) is 0.585. The number of nitrogens with one attached hydrogen (secondary N) is 1. The summed E-state index contributed by atoms with van der Waals surface area (Å²) in [6.07, 6.45) is 1.94. The van der Waals surface area contributed by atoms with Crippen molar-refractivity contribution in [3.63, 3.8) is 0 Å². The molecule has 0 atom stereocenters. The largest absolute Gasteiger partial charge is 0.338 e. The van der Waals surface area contributed by atoms with E-state index in [4.69, 9.17) is 0 Å². The highest BCUT2D eigenvalue weighted by atomic mass is 79.9. The first kappa shape index (κ1) is 16.3. The van der Waals surface area contributed by atoms with Crippen LogP contribution in [0.25, 0.3) is 10.9 Å². The third kappa shape index (κ3) is 3.51. The van der Waals surface area contributed by atoms with Gasteiger partial charge in [0.2, 0.25) is 5.91 Å². The maximum Gasteiger partial charge on any atom is 0.244 e. The number of carbonyl (C=O) groups is 1. The van der Waals surface area contributed by atoms with Gasteiger partial charge < -0.3 is 9.88 Å². The highest BCUT2D eigenvalue weighted by Crippen LogP contribution is 2.26. The van der Waals surface area contributed by atoms with E-state index in [1.807, 2.05) is 54.1 Å². The molecule has 0 saturated heterocycles. The molecule has 3 rings (SSSR count). The number of aryl methyl sites for hydroxylation is 2. The van der Waals surface area contributed by atoms with Crippen LogP contribution in [0.1, 0.15) is 11.1 Å². The van der Waals surface area contributed by atoms with Gasteiger partial charge >= 0.3 is 0 Å². The number of rotatable bonds is 3. The van der Waals surface area contributed by atoms with Gasteiger partial charge in [0.25, 0.3) is 0 Å². The van der Waals surface area contributed by atoms with Crippen LogP contribution < -0.4 is 5.32 Å². The van der Waals surface area contributed by atoms with Gasteiger partial charge in [0.1, 0.15) is 6.54 Å². The summed E-state index contributed by atoms with van der Waals surface area (Å²) in [6, 6.07) is 12.1. The average Bonchev–Trinajstić information content (AvgIpc) is 2.86. The molecular weight excluding hydrogens is 420 g/mol. The number of carbonyl (C=O) groups excluding carboxylic acids is 1. The first-order valence-corrected chi connectivity index (χ1v) is 8.83. The van der Waals surface area contributed by atoms with E-state index in [2.05, 4.69) is 44.1 Å². The molecule has 0 radical (unpaired) electrons. The zero-order chi connectivity index (χ0) is 16.6. The number of halogens is 2. The Labute approximate surface area is 151 Å². The van der Waals surface area contributed by atoms with E-state index in [-0.39, 0.29) is 12.5 Å². The third-order valence-corrected chi connectivity index (χ3v) is 5.05. The van der Waals surface area contributed by atoms with Crippen LogP contribution in [0.15, 0.2) is 51.5 Å². The predicted octanol–water partition coefficient (Wildman–Crippen LogP) is 5.42. The van der Waals surface area contributed by atoms with Gasteiger partial charge in [0, 0.05) is 26.0 Å². The number of anilines is 1. The number of nitrogens with zero attached hydrogens (tertiary/aromatic N) is 1. The standard InChI is InChI=1S/C18H16Br2N2O/c1-11-7-15(20)16(8-12(11)2)21-18(23)10-22-6-5-13-9-14(19)3-4-17(13)22/h3-9H,10H2,1-2H3,(H,21,23). The minimum absolute atomic E-state index is 0.0469. The van der Waals surface area contributed by atoms with Crippen molar-refractivity contribution in [3.05, 3.63) is 62.7 Å². The lowest BCUT2D eigenvalue weighted by Gasteiger charge is -2.11. The van der Waals surface area contributed by atoms with Crippen LogP contribution >= 0.6 is 31.9 Å². The van der Waals surface area contributed by atoms with E-state index in [0.29, 0.717) is 0 Å². The van der Waals surface area contributed by atoms with E-state index >= 15 is 0 Å². The molecule has 0 bridgehead atoms. The van der Waals surface area contributed by atoms with E-state index in [1.54, 1.807) is 0 Å². The zero-order valence-corrected chi connectivity index (χ0v) is 16.0. The number of aromatic nitrogens is 1. The molecule has 118 valence electrons. The molecule has 5 heteroatoms. The fraction of sp³-hybridized carbons (Fsp3) is 0.167. The van der Waals surface area contributed by atoms with Crippen LogP contribution in [0.2, 0.25) is 0 Å². The molecule has 1 heterocycles. The van der Waals surface area contributed by atoms with Gasteiger partial charge in [-0.25, -0.2) is 0 Å². The van der Waals surface area contributed by atoms with Crippen molar-refractivity contribution in [2.45, 2.75) is 20.4 Å². The van der Waals surface area contributed by atoms with E-state index in [9.17, 15) is 4.79 Å². The molecule has 0 spiro atoms. The van der Waals surface area contributed by atoms with Crippen molar-refractivity contribution in [3.8, 4) is 0 Å². The van der Waals surface area contributed by atoms with Gasteiger partial charge in [-0.3, -0.25) is 4.79 Å². The summed E-state index contributed by atoms with van der Waals surface area (Å²) >= 11 is 6.97. The van der Waals surface area contributed by atoms with Gasteiger partial charge in [0.15, 0.2) is 0 Å². The van der Waals surface area contributed by atoms with Gasteiger partial charge in [-0.1, -0.05) is 15.9 Å². The lowest BCUT2D eigenvalue weighted by atomic mass is 10.1. The van der Waals surface area contributed by atoms with Crippen molar-refractivity contribution in [2.24, 2.45) is 0 Å². The topological polar surface area (TPSA) is 34.0 Å². The van der Waals surface area contributed by atoms with Crippen LogP contribution in [0, 0.1) is 13.8 Å². The third-order valence-electron chi connectivity index (χ3n) is 3.90. The van der Waals surface area contributed by atoms with Gasteiger partial charge in [-0.15, -0.1) is 0 Å². The molecule has 1 N–H and O–H groups in total. The summed E-state index contributed by atoms with van der Waals surface area (Å²) in [5.41, 5.74) is 4.19. The number of hydrogen-bond donors (Lipinski definition) is 1. The van der Waals surface area contributed by atoms with Crippen molar-refractivity contribution < 1.29 is 4.79 Å². The molecule has 0 aliphatic heterocycles. The molecule has 1 amide bonds. The summed E-state index contributed by atoms with van der Waals surface area (Å²) < 4.78 is 3.88. The normalized spacial score (nSPS) is 11.0. The molecule has 0 unspecified atom stereocenters. The summed E-state index contributed by atoms with van der Waals surface area (Å²) in [5.74, 6) is -0.0469. The van der Waals surface area contributed by atoms with Crippen LogP contribution in [0.5, 0.6) is 0 Å². The zero-order valence-electron chi connectivity index (χ0n) is 12.9. The molecule has 0 aliphatic rings. The van der Waals surface area contributed by atoms with Crippen molar-refractivity contribution in [1.29, 1.82) is 0 Å². The number of amides is 1. The molecule has 0 saturated carbocycles. The summed E-state index contributed by atoms with van der Waals surface area (Å²) in [4.78, 5) is 12.4. The molecule has 1 aromatic heterocycles. The number of benzene rings is 2. The summed E-state index contributed by atoms with van der Waals surface area (Å²) in [6.45, 7) is 4.37. The maximum atomic E-state index is 12.4. The van der Waals surface area contributed by atoms with Gasteiger partial charge in [-0.2, -0.15) is 0 Å². The van der Waals surface area contributed by atoms with Gasteiger partial charge in [0.05, 0.1) is 5.69 Å². The Morgan fingerprint density at radius 1 is 1.09 bits per heavy atom. The van der Waals surface area contributed by atoms with Crippen molar-refractivity contribution >= 4 is 54.4 Å². The minimum Gasteiger partial charge on any atom is -0.338 e. The fourth-order valence-electron chi connectivity index (χ4n) is 2.53. The van der Waals surface area contributed by atoms with E-state index in [0.717, 1.165) is 31.1 Å². The van der Waals surface area contributed by atoms with Crippen LogP contribution in [0.4, 0.5) is 5.69 Å². The van der Waals surface area contributed by atoms with Crippen LogP contribution in [-0.4, -0.2) is 10.5 Å². The minimum atomic E-state index is -0.0469. The second-order valence-corrected chi connectivity index (χ2v) is 7.38. The summed E-state index contributed by atoms with van der Waals surface area (Å²) in [5, 5.41) is 4.09. The molecular formula is C18H16Br2N2O. The fourth-order valence-corrected chi connectivity index (χ4v) is 3.47. The second kappa shape index (κ2) is 6.49. The second-order valence-electron chi connectivity index (χ2n) is 5.61. The van der Waals surface area contributed by atoms with E-state index in [1.165, 1.54) is 5.56 Å². The van der Waals surface area contributed by atoms with Crippen LogP contribution in [-0.2, 0) is 11.3 Å². The lowest BCUT2D eigenvalue weighted by Crippen LogP contribution is -2.18. The highest BCUT2D eigenvalue weighted by Gasteiger charge is 2.10. The van der Waals surface area contributed by atoms with Crippen LogP contribution in [0.3, 0.4) is 0 Å². The molecule has 0 fully saturated rings. The van der Waals surface area contributed by atoms with E-state index < -0.39 is 0 Å². The average molecular weight is 436 g/mol. The Hall–Kier alpha value is -1.59. The Bertz CT molecular complexity index is 899. The Morgan fingerprint density at radius 3 is 2.61 bits per heavy atom. The molecule has 2 aromatic carbocycles. The predicted molar refractivity (Wildman–Crippen MR) is 102 cm³/mol. The Morgan fingerprint density at radius 2 is 1.83 bits per heavy atom. The Balaban J connectivity index is 1.80. The lowest BCUT2D eigenvalue weighted by molar-refractivity contribution is -0.116. The van der Waals surface area contributed by atoms with Crippen molar-refractivity contribution in [2.75, 3.05) is 5.32 Å². The van der Waals surface area contributed by atoms with Crippen molar-refractivity contribution in [1.82, 2.24) is 4.57 Å². The monoisotopic (exact) mass is 434 g/mol. The molecule has 23 heavy (non-hydrogen) atoms. The number of fused-ring (bicyclic) bond motifs is 1. The molecule has 0 aliphatic carbocycles. The maximum absolute atomic E-state index is 12.4. The first-order chi connectivity index (χ1) is 10.9. The highest BCUT2D eigenvalue weighted by molar-refractivity contribution is 9.10. The first-order valence-electron chi connectivity index (χ1n) is 7.25. The smallest absolute Gasteiger partial charge is 0.244 e. The number of hydrogen-bond acceptors (Lipinski definition) is 1. The van der Waals surface area contributed by atoms with Gasteiger partial charge in [-0.05, 0) is 77.3 Å².